The second kappa shape index (κ2) is 7.75. The van der Waals surface area contributed by atoms with Gasteiger partial charge in [-0.15, -0.1) is 5.10 Å². The van der Waals surface area contributed by atoms with E-state index in [4.69, 9.17) is 0 Å². The molecule has 2 aromatic carbocycles. The van der Waals surface area contributed by atoms with Gasteiger partial charge in [0.2, 0.25) is 5.95 Å². The molecular weight excluding hydrogens is 310 g/mol. The molecule has 0 saturated carbocycles. The Labute approximate surface area is 148 Å². The van der Waals surface area contributed by atoms with Crippen LogP contribution in [0.15, 0.2) is 54.7 Å². The Kier molecular flexibility index (Phi) is 5.23. The molecule has 0 amide bonds. The highest BCUT2D eigenvalue weighted by Crippen LogP contribution is 2.24. The standard InChI is InChI=1S/C20H23N5/c1-4-25(18-7-5-6-16(3)12-18)19-14-22-24-20(23-19)21-13-17-10-8-15(2)9-11-17/h5-12,14H,4,13H2,1-3H3,(H,21,23,24). The number of nitrogens with one attached hydrogen (secondary N) is 1. The average Bonchev–Trinajstić information content (AvgIpc) is 2.62. The second-order valence-electron chi connectivity index (χ2n) is 6.06. The number of aryl methyl sites for hydroxylation is 2. The van der Waals surface area contributed by atoms with Gasteiger partial charge < -0.3 is 10.2 Å². The van der Waals surface area contributed by atoms with Crippen molar-refractivity contribution in [1.29, 1.82) is 0 Å². The van der Waals surface area contributed by atoms with Gasteiger partial charge in [-0.1, -0.05) is 42.0 Å². The van der Waals surface area contributed by atoms with Gasteiger partial charge in [-0.2, -0.15) is 10.1 Å². The fraction of sp³-hybridized carbons (Fsp3) is 0.250. The van der Waals surface area contributed by atoms with Crippen molar-refractivity contribution in [3.05, 3.63) is 71.4 Å². The van der Waals surface area contributed by atoms with Crippen molar-refractivity contribution in [3.63, 3.8) is 0 Å². The van der Waals surface area contributed by atoms with Crippen LogP contribution in [0.5, 0.6) is 0 Å². The van der Waals surface area contributed by atoms with E-state index in [2.05, 4.69) is 94.7 Å². The van der Waals surface area contributed by atoms with Crippen LogP contribution in [-0.4, -0.2) is 21.7 Å². The predicted octanol–water partition coefficient (Wildman–Crippen LogP) is 4.26. The van der Waals surface area contributed by atoms with E-state index in [0.29, 0.717) is 12.5 Å². The first-order chi connectivity index (χ1) is 12.2. The van der Waals surface area contributed by atoms with Gasteiger partial charge in [0.25, 0.3) is 0 Å². The van der Waals surface area contributed by atoms with Crippen LogP contribution in [0.3, 0.4) is 0 Å². The number of hydrogen-bond donors (Lipinski definition) is 1. The van der Waals surface area contributed by atoms with Gasteiger partial charge in [0, 0.05) is 18.8 Å². The summed E-state index contributed by atoms with van der Waals surface area (Å²) < 4.78 is 0. The van der Waals surface area contributed by atoms with Crippen LogP contribution in [-0.2, 0) is 6.54 Å². The van der Waals surface area contributed by atoms with E-state index >= 15 is 0 Å². The van der Waals surface area contributed by atoms with Gasteiger partial charge in [-0.05, 0) is 44.0 Å². The van der Waals surface area contributed by atoms with Gasteiger partial charge in [0.15, 0.2) is 5.82 Å². The Morgan fingerprint density at radius 2 is 1.80 bits per heavy atom. The maximum atomic E-state index is 4.62. The summed E-state index contributed by atoms with van der Waals surface area (Å²) in [5.41, 5.74) is 4.76. The summed E-state index contributed by atoms with van der Waals surface area (Å²) in [5, 5.41) is 11.5. The third-order valence-corrected chi connectivity index (χ3v) is 4.02. The third-order valence-electron chi connectivity index (χ3n) is 4.02. The lowest BCUT2D eigenvalue weighted by molar-refractivity contribution is 0.904. The molecule has 0 fully saturated rings. The number of hydrogen-bond acceptors (Lipinski definition) is 5. The molecule has 0 atom stereocenters. The van der Waals surface area contributed by atoms with Gasteiger partial charge in [-0.25, -0.2) is 0 Å². The normalized spacial score (nSPS) is 10.5. The van der Waals surface area contributed by atoms with Crippen molar-refractivity contribution in [2.24, 2.45) is 0 Å². The first-order valence-electron chi connectivity index (χ1n) is 8.49. The lowest BCUT2D eigenvalue weighted by Crippen LogP contribution is -2.19. The molecule has 3 aromatic rings. The van der Waals surface area contributed by atoms with Crippen molar-refractivity contribution in [2.45, 2.75) is 27.3 Å². The topological polar surface area (TPSA) is 53.9 Å². The van der Waals surface area contributed by atoms with E-state index in [-0.39, 0.29) is 0 Å². The van der Waals surface area contributed by atoms with Crippen LogP contribution in [0.4, 0.5) is 17.5 Å². The Balaban J connectivity index is 1.76. The lowest BCUT2D eigenvalue weighted by Gasteiger charge is -2.22. The smallest absolute Gasteiger partial charge is 0.244 e. The van der Waals surface area contributed by atoms with E-state index in [0.717, 1.165) is 18.1 Å². The molecule has 0 spiro atoms. The molecule has 0 aliphatic heterocycles. The monoisotopic (exact) mass is 333 g/mol. The molecule has 0 aliphatic carbocycles. The molecule has 1 aromatic heterocycles. The molecule has 0 saturated heterocycles. The molecule has 0 unspecified atom stereocenters. The van der Waals surface area contributed by atoms with Crippen LogP contribution in [0, 0.1) is 13.8 Å². The van der Waals surface area contributed by atoms with Gasteiger partial charge in [0.05, 0.1) is 6.20 Å². The zero-order chi connectivity index (χ0) is 17.6. The van der Waals surface area contributed by atoms with E-state index in [9.17, 15) is 0 Å². The van der Waals surface area contributed by atoms with E-state index < -0.39 is 0 Å². The largest absolute Gasteiger partial charge is 0.349 e. The van der Waals surface area contributed by atoms with Crippen molar-refractivity contribution in [1.82, 2.24) is 15.2 Å². The molecule has 1 heterocycles. The van der Waals surface area contributed by atoms with Crippen LogP contribution in [0.2, 0.25) is 0 Å². The predicted molar refractivity (Wildman–Crippen MR) is 102 cm³/mol. The maximum Gasteiger partial charge on any atom is 0.244 e. The lowest BCUT2D eigenvalue weighted by atomic mass is 10.1. The fourth-order valence-electron chi connectivity index (χ4n) is 2.66. The SMILES string of the molecule is CCN(c1cccc(C)c1)c1cnnc(NCc2ccc(C)cc2)n1. The molecule has 25 heavy (non-hydrogen) atoms. The maximum absolute atomic E-state index is 4.62. The minimum atomic E-state index is 0.532. The molecule has 0 radical (unpaired) electrons. The first kappa shape index (κ1) is 16.9. The van der Waals surface area contributed by atoms with Crippen molar-refractivity contribution >= 4 is 17.5 Å². The Bertz CT molecular complexity index is 829. The highest BCUT2D eigenvalue weighted by molar-refractivity contribution is 5.60. The summed E-state index contributed by atoms with van der Waals surface area (Å²) in [7, 11) is 0. The van der Waals surface area contributed by atoms with Crippen molar-refractivity contribution in [2.75, 3.05) is 16.8 Å². The van der Waals surface area contributed by atoms with Gasteiger partial charge in [-0.3, -0.25) is 0 Å². The average molecular weight is 333 g/mol. The number of rotatable bonds is 6. The summed E-state index contributed by atoms with van der Waals surface area (Å²) in [6.45, 7) is 7.74. The number of aromatic nitrogens is 3. The molecule has 3 rings (SSSR count). The Morgan fingerprint density at radius 3 is 2.52 bits per heavy atom. The molecule has 0 bridgehead atoms. The first-order valence-corrected chi connectivity index (χ1v) is 8.49. The van der Waals surface area contributed by atoms with E-state index in [1.165, 1.54) is 16.7 Å². The van der Waals surface area contributed by atoms with Crippen LogP contribution in [0.1, 0.15) is 23.6 Å². The minimum Gasteiger partial charge on any atom is -0.349 e. The Hall–Kier alpha value is -2.95. The highest BCUT2D eigenvalue weighted by atomic mass is 15.3. The van der Waals surface area contributed by atoms with Crippen LogP contribution >= 0.6 is 0 Å². The fourth-order valence-corrected chi connectivity index (χ4v) is 2.66. The van der Waals surface area contributed by atoms with E-state index in [1.54, 1.807) is 6.20 Å². The highest BCUT2D eigenvalue weighted by Gasteiger charge is 2.11. The van der Waals surface area contributed by atoms with Gasteiger partial charge >= 0.3 is 0 Å². The molecule has 128 valence electrons. The van der Waals surface area contributed by atoms with Crippen LogP contribution in [0.25, 0.3) is 0 Å². The molecular formula is C20H23N5. The summed E-state index contributed by atoms with van der Waals surface area (Å²) in [5.74, 6) is 1.32. The number of anilines is 3. The molecule has 1 N–H and O–H groups in total. The minimum absolute atomic E-state index is 0.532. The van der Waals surface area contributed by atoms with E-state index in [1.807, 2.05) is 0 Å². The summed E-state index contributed by atoms with van der Waals surface area (Å²) >= 11 is 0. The molecule has 5 nitrogen and oxygen atoms in total. The Morgan fingerprint density at radius 1 is 1.00 bits per heavy atom. The zero-order valence-electron chi connectivity index (χ0n) is 14.9. The summed E-state index contributed by atoms with van der Waals surface area (Å²) in [4.78, 5) is 6.75. The molecule has 0 aliphatic rings. The van der Waals surface area contributed by atoms with Crippen molar-refractivity contribution < 1.29 is 0 Å². The zero-order valence-corrected chi connectivity index (χ0v) is 14.9. The van der Waals surface area contributed by atoms with Crippen LogP contribution < -0.4 is 10.2 Å². The second-order valence-corrected chi connectivity index (χ2v) is 6.06. The number of benzene rings is 2. The number of nitrogens with zero attached hydrogens (tertiary/aromatic N) is 4. The van der Waals surface area contributed by atoms with Gasteiger partial charge in [0.1, 0.15) is 0 Å². The summed E-state index contributed by atoms with van der Waals surface area (Å²) in [6, 6.07) is 16.8. The summed E-state index contributed by atoms with van der Waals surface area (Å²) in [6.07, 6.45) is 1.70. The molecule has 5 heteroatoms. The quantitative estimate of drug-likeness (QED) is 0.730. The van der Waals surface area contributed by atoms with Crippen molar-refractivity contribution in [3.8, 4) is 0 Å². The third kappa shape index (κ3) is 4.32.